The zero-order valence-corrected chi connectivity index (χ0v) is 9.57. The number of anilines is 1. The number of nitrogens with one attached hydrogen (secondary N) is 1. The van der Waals surface area contributed by atoms with Gasteiger partial charge in [-0.1, -0.05) is 11.6 Å². The second-order valence-electron chi connectivity index (χ2n) is 3.44. The van der Waals surface area contributed by atoms with Gasteiger partial charge in [0.05, 0.1) is 28.6 Å². The lowest BCUT2D eigenvalue weighted by Crippen LogP contribution is -2.08. The molecule has 0 aliphatic heterocycles. The van der Waals surface area contributed by atoms with Crippen LogP contribution in [0.2, 0.25) is 5.02 Å². The van der Waals surface area contributed by atoms with Gasteiger partial charge in [0.1, 0.15) is 0 Å². The van der Waals surface area contributed by atoms with Crippen molar-refractivity contribution < 1.29 is 0 Å². The molecule has 0 aromatic carbocycles. The number of halogens is 1. The largest absolute Gasteiger partial charge is 0.324 e. The van der Waals surface area contributed by atoms with Gasteiger partial charge in [0, 0.05) is 12.4 Å². The molecule has 0 unspecified atom stereocenters. The van der Waals surface area contributed by atoms with Crippen molar-refractivity contribution in [1.29, 1.82) is 0 Å². The average Bonchev–Trinajstić information content (AvgIpc) is 2.58. The maximum Gasteiger partial charge on any atom is 0.0832 e. The summed E-state index contributed by atoms with van der Waals surface area (Å²) in [6.07, 6.45) is 3.48. The van der Waals surface area contributed by atoms with E-state index < -0.39 is 0 Å². The fraction of sp³-hybridized carbons (Fsp3) is 0.200. The minimum absolute atomic E-state index is 0.572. The van der Waals surface area contributed by atoms with Gasteiger partial charge in [0.25, 0.3) is 0 Å². The third-order valence-electron chi connectivity index (χ3n) is 2.19. The van der Waals surface area contributed by atoms with Crippen LogP contribution in [0.5, 0.6) is 0 Å². The van der Waals surface area contributed by atoms with Crippen molar-refractivity contribution in [2.45, 2.75) is 13.5 Å². The summed E-state index contributed by atoms with van der Waals surface area (Å²) in [5.41, 5.74) is 5.08. The Bertz CT molecular complexity index is 474. The molecule has 2 aromatic heterocycles. The molecule has 5 nitrogen and oxygen atoms in total. The maximum atomic E-state index is 5.92. The summed E-state index contributed by atoms with van der Waals surface area (Å²) in [6.45, 7) is 2.44. The molecule has 0 amide bonds. The van der Waals surface area contributed by atoms with Crippen LogP contribution >= 0.6 is 11.6 Å². The van der Waals surface area contributed by atoms with E-state index >= 15 is 0 Å². The van der Waals surface area contributed by atoms with Gasteiger partial charge in [-0.25, -0.2) is 0 Å². The molecule has 0 bridgehead atoms. The fourth-order valence-corrected chi connectivity index (χ4v) is 1.55. The highest BCUT2D eigenvalue weighted by atomic mass is 35.5. The highest BCUT2D eigenvalue weighted by molar-refractivity contribution is 6.31. The van der Waals surface area contributed by atoms with Crippen LogP contribution in [0.3, 0.4) is 0 Å². The summed E-state index contributed by atoms with van der Waals surface area (Å²) >= 11 is 5.92. The van der Waals surface area contributed by atoms with Crippen LogP contribution in [0.15, 0.2) is 24.5 Å². The van der Waals surface area contributed by atoms with E-state index in [9.17, 15) is 0 Å². The Balaban J connectivity index is 2.20. The third kappa shape index (κ3) is 2.32. The Morgan fingerprint density at radius 2 is 2.38 bits per heavy atom. The van der Waals surface area contributed by atoms with E-state index in [2.05, 4.69) is 15.5 Å². The first kappa shape index (κ1) is 10.9. The summed E-state index contributed by atoms with van der Waals surface area (Å²) in [6, 6.07) is 3.66. The number of hydrogen-bond acceptors (Lipinski definition) is 4. The predicted octanol–water partition coefficient (Wildman–Crippen LogP) is 1.57. The Morgan fingerprint density at radius 3 is 3.00 bits per heavy atom. The molecule has 16 heavy (non-hydrogen) atoms. The number of aromatic nitrogens is 3. The number of nitrogen functional groups attached to an aromatic ring is 1. The Morgan fingerprint density at radius 1 is 1.56 bits per heavy atom. The molecular weight excluding hydrogens is 226 g/mol. The van der Waals surface area contributed by atoms with Crippen LogP contribution in [0.25, 0.3) is 0 Å². The summed E-state index contributed by atoms with van der Waals surface area (Å²) in [4.78, 5) is 4.22. The van der Waals surface area contributed by atoms with E-state index in [0.29, 0.717) is 11.6 Å². The smallest absolute Gasteiger partial charge is 0.0832 e. The van der Waals surface area contributed by atoms with Crippen molar-refractivity contribution in [3.05, 3.63) is 40.9 Å². The van der Waals surface area contributed by atoms with Crippen LogP contribution in [0.4, 0.5) is 5.69 Å². The average molecular weight is 238 g/mol. The van der Waals surface area contributed by atoms with Crippen LogP contribution in [0, 0.1) is 6.92 Å². The molecule has 0 aliphatic carbocycles. The maximum absolute atomic E-state index is 5.92. The zero-order chi connectivity index (χ0) is 11.5. The number of hydrogen-bond donors (Lipinski definition) is 2. The lowest BCUT2D eigenvalue weighted by molar-refractivity contribution is 0.666. The van der Waals surface area contributed by atoms with Gasteiger partial charge in [-0.3, -0.25) is 15.5 Å². The van der Waals surface area contributed by atoms with Crippen molar-refractivity contribution in [3.8, 4) is 0 Å². The molecule has 2 aromatic rings. The van der Waals surface area contributed by atoms with E-state index in [0.717, 1.165) is 17.1 Å². The molecule has 0 radical (unpaired) electrons. The van der Waals surface area contributed by atoms with Gasteiger partial charge in [0.15, 0.2) is 0 Å². The Hall–Kier alpha value is -1.59. The number of aryl methyl sites for hydroxylation is 1. The van der Waals surface area contributed by atoms with Gasteiger partial charge in [0.2, 0.25) is 0 Å². The molecule has 0 saturated carbocycles. The number of pyridine rings is 1. The van der Waals surface area contributed by atoms with Crippen LogP contribution in [-0.2, 0) is 6.54 Å². The van der Waals surface area contributed by atoms with Crippen LogP contribution in [-0.4, -0.2) is 14.8 Å². The normalized spacial score (nSPS) is 10.4. The van der Waals surface area contributed by atoms with Gasteiger partial charge in [-0.2, -0.15) is 5.10 Å². The van der Waals surface area contributed by atoms with E-state index in [1.54, 1.807) is 23.1 Å². The van der Waals surface area contributed by atoms with E-state index in [4.69, 9.17) is 17.4 Å². The summed E-state index contributed by atoms with van der Waals surface area (Å²) < 4.78 is 1.75. The van der Waals surface area contributed by atoms with Crippen molar-refractivity contribution in [2.24, 2.45) is 5.84 Å². The summed E-state index contributed by atoms with van der Waals surface area (Å²) in [7, 11) is 0. The molecule has 2 rings (SSSR count). The zero-order valence-electron chi connectivity index (χ0n) is 8.81. The third-order valence-corrected chi connectivity index (χ3v) is 2.56. The molecule has 0 atom stereocenters. The quantitative estimate of drug-likeness (QED) is 0.628. The van der Waals surface area contributed by atoms with Gasteiger partial charge >= 0.3 is 0 Å². The minimum Gasteiger partial charge on any atom is -0.324 e. The Kier molecular flexibility index (Phi) is 3.07. The van der Waals surface area contributed by atoms with Gasteiger partial charge in [-0.15, -0.1) is 0 Å². The fourth-order valence-electron chi connectivity index (χ4n) is 1.39. The topological polar surface area (TPSA) is 68.8 Å². The van der Waals surface area contributed by atoms with Gasteiger partial charge < -0.3 is 5.43 Å². The number of nitrogens with two attached hydrogens (primary N) is 1. The molecule has 2 heterocycles. The highest BCUT2D eigenvalue weighted by Crippen LogP contribution is 2.13. The molecule has 0 saturated heterocycles. The first-order valence-electron chi connectivity index (χ1n) is 4.80. The van der Waals surface area contributed by atoms with Crippen molar-refractivity contribution >= 4 is 17.3 Å². The van der Waals surface area contributed by atoms with E-state index in [1.807, 2.05) is 13.0 Å². The van der Waals surface area contributed by atoms with E-state index in [1.165, 1.54) is 0 Å². The van der Waals surface area contributed by atoms with Gasteiger partial charge in [-0.05, 0) is 19.1 Å². The minimum atomic E-state index is 0.572. The molecule has 3 N–H and O–H groups in total. The molecule has 0 fully saturated rings. The van der Waals surface area contributed by atoms with Crippen molar-refractivity contribution in [2.75, 3.05) is 5.43 Å². The molecule has 84 valence electrons. The van der Waals surface area contributed by atoms with Crippen LogP contribution < -0.4 is 11.3 Å². The standard InChI is InChI=1S/C10H12ClN5/c1-7-10(11)6-16(15-7)5-9-4-8(14-12)2-3-13-9/h2-4,6H,5,12H2,1H3,(H,13,14). The van der Waals surface area contributed by atoms with Crippen molar-refractivity contribution in [1.82, 2.24) is 14.8 Å². The first-order valence-corrected chi connectivity index (χ1v) is 5.18. The lowest BCUT2D eigenvalue weighted by Gasteiger charge is -2.03. The number of nitrogens with zero attached hydrogens (tertiary/aromatic N) is 3. The number of rotatable bonds is 3. The van der Waals surface area contributed by atoms with Crippen molar-refractivity contribution in [3.63, 3.8) is 0 Å². The molecule has 6 heteroatoms. The lowest BCUT2D eigenvalue weighted by atomic mass is 10.3. The van der Waals surface area contributed by atoms with E-state index in [-0.39, 0.29) is 0 Å². The SMILES string of the molecule is Cc1nn(Cc2cc(NN)ccn2)cc1Cl. The monoisotopic (exact) mass is 237 g/mol. The second-order valence-corrected chi connectivity index (χ2v) is 3.85. The second kappa shape index (κ2) is 4.51. The molecule has 0 aliphatic rings. The first-order chi connectivity index (χ1) is 7.69. The van der Waals surface area contributed by atoms with Crippen LogP contribution in [0.1, 0.15) is 11.4 Å². The summed E-state index contributed by atoms with van der Waals surface area (Å²) in [5.74, 6) is 5.32. The molecule has 0 spiro atoms. The number of hydrazine groups is 1. The predicted molar refractivity (Wildman–Crippen MR) is 63.1 cm³/mol. The highest BCUT2D eigenvalue weighted by Gasteiger charge is 2.03. The Labute approximate surface area is 98.2 Å². The molecular formula is C10H12ClN5. The summed E-state index contributed by atoms with van der Waals surface area (Å²) in [5, 5.41) is 4.91.